The van der Waals surface area contributed by atoms with Crippen LogP contribution in [0.5, 0.6) is 5.75 Å². The van der Waals surface area contributed by atoms with Crippen LogP contribution in [0.15, 0.2) is 24.3 Å². The minimum atomic E-state index is -0.111. The van der Waals surface area contributed by atoms with Gasteiger partial charge in [-0.2, -0.15) is 0 Å². The van der Waals surface area contributed by atoms with Crippen LogP contribution in [0.2, 0.25) is 0 Å². The van der Waals surface area contributed by atoms with Gasteiger partial charge in [-0.15, -0.1) is 0 Å². The molecule has 1 saturated heterocycles. The molecule has 23 heavy (non-hydrogen) atoms. The molecule has 3 unspecified atom stereocenters. The van der Waals surface area contributed by atoms with Gasteiger partial charge in [0.15, 0.2) is 0 Å². The van der Waals surface area contributed by atoms with Gasteiger partial charge >= 0.3 is 6.03 Å². The molecule has 2 aliphatic heterocycles. The van der Waals surface area contributed by atoms with E-state index >= 15 is 0 Å². The summed E-state index contributed by atoms with van der Waals surface area (Å²) in [5, 5.41) is 5.82. The molecule has 4 N–H and O–H groups in total. The lowest BCUT2D eigenvalue weighted by Crippen LogP contribution is -2.41. The Morgan fingerprint density at radius 2 is 2.22 bits per heavy atom. The smallest absolute Gasteiger partial charge is 0.314 e. The molecule has 3 rings (SSSR count). The quantitative estimate of drug-likeness (QED) is 0.594. The van der Waals surface area contributed by atoms with Crippen LogP contribution in [-0.2, 0) is 6.42 Å². The number of fused-ring (bicyclic) bond motifs is 1. The van der Waals surface area contributed by atoms with Crippen LogP contribution >= 0.6 is 0 Å². The molecule has 1 aromatic rings. The molecule has 1 fully saturated rings. The summed E-state index contributed by atoms with van der Waals surface area (Å²) in [7, 11) is 0. The minimum Gasteiger partial charge on any atom is -0.488 e. The van der Waals surface area contributed by atoms with E-state index in [-0.39, 0.29) is 12.1 Å². The summed E-state index contributed by atoms with van der Waals surface area (Å²) in [5.41, 5.74) is 7.60. The molecule has 1 aromatic carbocycles. The first-order valence-electron chi connectivity index (χ1n) is 8.47. The number of rotatable bonds is 6. The number of benzene rings is 1. The fourth-order valence-electron chi connectivity index (χ4n) is 3.20. The predicted molar refractivity (Wildman–Crippen MR) is 89.3 cm³/mol. The van der Waals surface area contributed by atoms with E-state index in [0.717, 1.165) is 31.6 Å². The first-order chi connectivity index (χ1) is 11.2. The predicted octanol–water partition coefficient (Wildman–Crippen LogP) is 1.18. The molecule has 0 bridgehead atoms. The zero-order chi connectivity index (χ0) is 16.1. The number of para-hydroxylation sites is 1. The van der Waals surface area contributed by atoms with E-state index in [1.165, 1.54) is 5.56 Å². The number of carbonyl (C=O) groups is 1. The van der Waals surface area contributed by atoms with Crippen molar-refractivity contribution < 1.29 is 9.53 Å². The summed E-state index contributed by atoms with van der Waals surface area (Å²) in [5.74, 6) is 1.58. The van der Waals surface area contributed by atoms with Crippen molar-refractivity contribution in [3.05, 3.63) is 29.8 Å². The molecular weight excluding hydrogens is 292 g/mol. The van der Waals surface area contributed by atoms with Gasteiger partial charge < -0.3 is 15.4 Å². The van der Waals surface area contributed by atoms with Crippen molar-refractivity contribution in [1.29, 1.82) is 0 Å². The van der Waals surface area contributed by atoms with Gasteiger partial charge in [-0.3, -0.25) is 10.9 Å². The molecule has 2 aliphatic rings. The van der Waals surface area contributed by atoms with Gasteiger partial charge in [0, 0.05) is 25.6 Å². The molecule has 3 atom stereocenters. The highest BCUT2D eigenvalue weighted by atomic mass is 16.5. The molecule has 0 spiro atoms. The first-order valence-corrected chi connectivity index (χ1v) is 8.47. The number of hydrazine groups is 1. The normalized spacial score (nSPS) is 25.7. The van der Waals surface area contributed by atoms with Crippen molar-refractivity contribution in [2.24, 2.45) is 5.92 Å². The zero-order valence-corrected chi connectivity index (χ0v) is 13.6. The van der Waals surface area contributed by atoms with Gasteiger partial charge in [-0.1, -0.05) is 18.2 Å². The molecule has 0 saturated carbocycles. The van der Waals surface area contributed by atoms with Gasteiger partial charge in [-0.05, 0) is 37.3 Å². The van der Waals surface area contributed by atoms with Crippen LogP contribution < -0.4 is 26.2 Å². The Balaban J connectivity index is 1.27. The van der Waals surface area contributed by atoms with Crippen LogP contribution in [0.4, 0.5) is 4.79 Å². The van der Waals surface area contributed by atoms with Crippen molar-refractivity contribution in [1.82, 2.24) is 21.5 Å². The van der Waals surface area contributed by atoms with Crippen molar-refractivity contribution >= 4 is 6.03 Å². The highest BCUT2D eigenvalue weighted by Gasteiger charge is 2.23. The highest BCUT2D eigenvalue weighted by Crippen LogP contribution is 2.27. The van der Waals surface area contributed by atoms with Crippen LogP contribution in [0.25, 0.3) is 0 Å². The molecule has 2 amide bonds. The number of hydrogen-bond acceptors (Lipinski definition) is 4. The Labute approximate surface area is 137 Å². The monoisotopic (exact) mass is 318 g/mol. The second-order valence-corrected chi connectivity index (χ2v) is 6.40. The van der Waals surface area contributed by atoms with Gasteiger partial charge in [0.1, 0.15) is 11.9 Å². The number of ether oxygens (including phenoxy) is 1. The zero-order valence-electron chi connectivity index (χ0n) is 13.6. The van der Waals surface area contributed by atoms with E-state index in [4.69, 9.17) is 4.74 Å². The molecule has 6 heteroatoms. The van der Waals surface area contributed by atoms with Crippen LogP contribution in [0.3, 0.4) is 0 Å². The fourth-order valence-corrected chi connectivity index (χ4v) is 3.20. The maximum atomic E-state index is 11.8. The van der Waals surface area contributed by atoms with E-state index in [1.54, 1.807) is 0 Å². The number of urea groups is 1. The average molecular weight is 318 g/mol. The molecule has 0 radical (unpaired) electrons. The molecule has 6 nitrogen and oxygen atoms in total. The summed E-state index contributed by atoms with van der Waals surface area (Å²) in [4.78, 5) is 11.8. The Morgan fingerprint density at radius 1 is 1.35 bits per heavy atom. The van der Waals surface area contributed by atoms with Crippen LogP contribution in [0.1, 0.15) is 25.3 Å². The Hall–Kier alpha value is -1.79. The van der Waals surface area contributed by atoms with Crippen molar-refractivity contribution in [3.63, 3.8) is 0 Å². The van der Waals surface area contributed by atoms with Crippen molar-refractivity contribution in [2.45, 2.75) is 38.3 Å². The Kier molecular flexibility index (Phi) is 5.35. The third-order valence-corrected chi connectivity index (χ3v) is 4.64. The van der Waals surface area contributed by atoms with E-state index in [9.17, 15) is 4.79 Å². The Bertz CT molecular complexity index is 512. The topological polar surface area (TPSA) is 74.4 Å². The van der Waals surface area contributed by atoms with Crippen LogP contribution in [-0.4, -0.2) is 37.8 Å². The summed E-state index contributed by atoms with van der Waals surface area (Å²) in [6, 6.07) is 8.43. The standard InChI is InChI=1S/C17H26N4O2/c1-12-14(10-20-21-12)6-4-8-18-17(22)19-11-15-9-13-5-2-3-7-16(13)23-15/h2-3,5,7,12,14-15,20-21H,4,6,8-11H2,1H3,(H2,18,19,22). The van der Waals surface area contributed by atoms with Gasteiger partial charge in [0.05, 0.1) is 6.54 Å². The van der Waals surface area contributed by atoms with Gasteiger partial charge in [0.25, 0.3) is 0 Å². The fraction of sp³-hybridized carbons (Fsp3) is 0.588. The molecule has 0 aliphatic carbocycles. The summed E-state index contributed by atoms with van der Waals surface area (Å²) in [6.07, 6.45) is 3.00. The summed E-state index contributed by atoms with van der Waals surface area (Å²) >= 11 is 0. The maximum absolute atomic E-state index is 11.8. The van der Waals surface area contributed by atoms with Crippen molar-refractivity contribution in [2.75, 3.05) is 19.6 Å². The molecule has 126 valence electrons. The van der Waals surface area contributed by atoms with E-state index in [0.29, 0.717) is 25.0 Å². The van der Waals surface area contributed by atoms with Crippen molar-refractivity contribution in [3.8, 4) is 5.75 Å². The molecular formula is C17H26N4O2. The minimum absolute atomic E-state index is 0.0367. The molecule has 0 aromatic heterocycles. The molecule has 2 heterocycles. The maximum Gasteiger partial charge on any atom is 0.314 e. The van der Waals surface area contributed by atoms with E-state index in [2.05, 4.69) is 34.5 Å². The third-order valence-electron chi connectivity index (χ3n) is 4.64. The summed E-state index contributed by atoms with van der Waals surface area (Å²) < 4.78 is 5.81. The number of carbonyl (C=O) groups excluding carboxylic acids is 1. The SMILES string of the molecule is CC1NNCC1CCCNC(=O)NCC1Cc2ccccc2O1. The third kappa shape index (κ3) is 4.36. The lowest BCUT2D eigenvalue weighted by Gasteiger charge is -2.14. The average Bonchev–Trinajstić information content (AvgIpc) is 3.15. The second-order valence-electron chi connectivity index (χ2n) is 6.40. The van der Waals surface area contributed by atoms with Gasteiger partial charge in [-0.25, -0.2) is 4.79 Å². The van der Waals surface area contributed by atoms with E-state index in [1.807, 2.05) is 18.2 Å². The summed E-state index contributed by atoms with van der Waals surface area (Å²) in [6.45, 7) is 4.44. The van der Waals surface area contributed by atoms with Crippen LogP contribution in [0, 0.1) is 5.92 Å². The highest BCUT2D eigenvalue weighted by molar-refractivity contribution is 5.73. The largest absolute Gasteiger partial charge is 0.488 e. The Morgan fingerprint density at radius 3 is 3.00 bits per heavy atom. The lowest BCUT2D eigenvalue weighted by molar-refractivity contribution is 0.214. The lowest BCUT2D eigenvalue weighted by atomic mass is 9.98. The second kappa shape index (κ2) is 7.66. The van der Waals surface area contributed by atoms with E-state index < -0.39 is 0 Å². The number of nitrogens with one attached hydrogen (secondary N) is 4. The van der Waals surface area contributed by atoms with Gasteiger partial charge in [0.2, 0.25) is 0 Å². The first kappa shape index (κ1) is 16.1. The number of amides is 2. The number of hydrogen-bond donors (Lipinski definition) is 4.